The predicted molar refractivity (Wildman–Crippen MR) is 101 cm³/mol. The summed E-state index contributed by atoms with van der Waals surface area (Å²) in [5.41, 5.74) is 4.64. The largest absolute Gasteiger partial charge is 0.459 e. The number of carbonyl (C=O) groups excluding carboxylic acids is 1. The van der Waals surface area contributed by atoms with Gasteiger partial charge in [-0.3, -0.25) is 9.59 Å². The molecule has 2 aliphatic rings. The van der Waals surface area contributed by atoms with Crippen LogP contribution in [-0.2, 0) is 27.0 Å². The normalized spacial score (nSPS) is 20.5. The molecule has 4 heterocycles. The van der Waals surface area contributed by atoms with Crippen molar-refractivity contribution in [2.75, 3.05) is 0 Å². The molecule has 2 aromatic heterocycles. The van der Waals surface area contributed by atoms with Crippen LogP contribution in [-0.4, -0.2) is 15.5 Å². The standard InChI is InChI=1S/C20H15BrN2O3/c1-2-20(21)14-8-16-17-12(7-11-5-3-4-6-15(11)22-17)9-23(16)18(24)13(14)10-26-19(20)25/h3-8H,2,9-10H2,1H3. The van der Waals surface area contributed by atoms with Gasteiger partial charge >= 0.3 is 5.97 Å². The highest BCUT2D eigenvalue weighted by molar-refractivity contribution is 9.10. The number of pyridine rings is 2. The minimum absolute atomic E-state index is 0.0202. The maximum absolute atomic E-state index is 13.1. The number of rotatable bonds is 1. The van der Waals surface area contributed by atoms with Crippen LogP contribution >= 0.6 is 15.9 Å². The number of ether oxygens (including phenoxy) is 1. The summed E-state index contributed by atoms with van der Waals surface area (Å²) in [6.07, 6.45) is 0.500. The van der Waals surface area contributed by atoms with E-state index in [4.69, 9.17) is 9.72 Å². The topological polar surface area (TPSA) is 61.2 Å². The minimum atomic E-state index is -0.977. The van der Waals surface area contributed by atoms with E-state index in [9.17, 15) is 9.59 Å². The summed E-state index contributed by atoms with van der Waals surface area (Å²) in [5.74, 6) is -0.346. The van der Waals surface area contributed by atoms with Gasteiger partial charge in [0, 0.05) is 10.9 Å². The van der Waals surface area contributed by atoms with Crippen LogP contribution in [0.4, 0.5) is 0 Å². The molecule has 0 radical (unpaired) electrons. The van der Waals surface area contributed by atoms with Crippen LogP contribution < -0.4 is 5.56 Å². The first-order valence-corrected chi connectivity index (χ1v) is 9.34. The number of hydrogen-bond acceptors (Lipinski definition) is 4. The fourth-order valence-electron chi connectivity index (χ4n) is 3.90. The number of hydrogen-bond donors (Lipinski definition) is 0. The molecule has 0 saturated heterocycles. The fourth-order valence-corrected chi connectivity index (χ4v) is 4.37. The summed E-state index contributed by atoms with van der Waals surface area (Å²) < 4.78 is 6.03. The van der Waals surface area contributed by atoms with Crippen LogP contribution in [0.1, 0.15) is 30.0 Å². The number of benzene rings is 1. The summed E-state index contributed by atoms with van der Waals surface area (Å²) in [7, 11) is 0. The van der Waals surface area contributed by atoms with Crippen LogP contribution in [0.5, 0.6) is 0 Å². The Hall–Kier alpha value is -2.47. The molecule has 5 nitrogen and oxygen atoms in total. The number of alkyl halides is 1. The molecule has 0 N–H and O–H groups in total. The second-order valence-electron chi connectivity index (χ2n) is 6.73. The average molecular weight is 411 g/mol. The number of carbonyl (C=O) groups is 1. The highest BCUT2D eigenvalue weighted by atomic mass is 79.9. The Bertz CT molecular complexity index is 1170. The van der Waals surface area contributed by atoms with Gasteiger partial charge in [0.1, 0.15) is 10.9 Å². The number of aromatic nitrogens is 2. The second kappa shape index (κ2) is 5.27. The number of esters is 1. The maximum Gasteiger partial charge on any atom is 0.327 e. The van der Waals surface area contributed by atoms with E-state index in [1.165, 1.54) is 0 Å². The van der Waals surface area contributed by atoms with E-state index in [2.05, 4.69) is 22.0 Å². The molecule has 2 aliphatic heterocycles. The van der Waals surface area contributed by atoms with Gasteiger partial charge in [-0.15, -0.1) is 0 Å². The summed E-state index contributed by atoms with van der Waals surface area (Å²) in [6, 6.07) is 11.9. The minimum Gasteiger partial charge on any atom is -0.459 e. The molecule has 1 atom stereocenters. The highest BCUT2D eigenvalue weighted by Crippen LogP contribution is 2.43. The zero-order chi connectivity index (χ0) is 18.1. The molecule has 0 bridgehead atoms. The SMILES string of the molecule is CCC1(Br)C(=O)OCc2c1cc1n(c2=O)Cc2cc3ccccc3nc2-1. The molecule has 0 aliphatic carbocycles. The van der Waals surface area contributed by atoms with Gasteiger partial charge in [-0.25, -0.2) is 4.98 Å². The smallest absolute Gasteiger partial charge is 0.327 e. The molecule has 0 fully saturated rings. The molecule has 0 saturated carbocycles. The van der Waals surface area contributed by atoms with Crippen molar-refractivity contribution in [2.45, 2.75) is 30.8 Å². The lowest BCUT2D eigenvalue weighted by molar-refractivity contribution is -0.149. The van der Waals surface area contributed by atoms with Gasteiger partial charge in [-0.05, 0) is 30.2 Å². The third kappa shape index (κ3) is 1.93. The Morgan fingerprint density at radius 1 is 1.27 bits per heavy atom. The Morgan fingerprint density at radius 2 is 2.08 bits per heavy atom. The summed E-state index contributed by atoms with van der Waals surface area (Å²) in [6.45, 7) is 2.41. The van der Waals surface area contributed by atoms with Gasteiger partial charge < -0.3 is 9.30 Å². The van der Waals surface area contributed by atoms with E-state index in [0.717, 1.165) is 27.9 Å². The number of nitrogens with zero attached hydrogens (tertiary/aromatic N) is 2. The highest BCUT2D eigenvalue weighted by Gasteiger charge is 2.44. The first kappa shape index (κ1) is 15.8. The predicted octanol–water partition coefficient (Wildman–Crippen LogP) is 3.48. The van der Waals surface area contributed by atoms with Crippen molar-refractivity contribution in [3.05, 3.63) is 63.4 Å². The molecule has 1 unspecified atom stereocenters. The Kier molecular flexibility index (Phi) is 3.19. The van der Waals surface area contributed by atoms with Crippen LogP contribution in [0.15, 0.2) is 41.2 Å². The van der Waals surface area contributed by atoms with Gasteiger partial charge in [-0.1, -0.05) is 41.1 Å². The van der Waals surface area contributed by atoms with Gasteiger partial charge in [-0.2, -0.15) is 0 Å². The van der Waals surface area contributed by atoms with E-state index in [-0.39, 0.29) is 18.1 Å². The van der Waals surface area contributed by atoms with Gasteiger partial charge in [0.25, 0.3) is 5.56 Å². The van der Waals surface area contributed by atoms with Crippen molar-refractivity contribution < 1.29 is 9.53 Å². The summed E-state index contributed by atoms with van der Waals surface area (Å²) in [5, 5.41) is 1.05. The first-order valence-electron chi connectivity index (χ1n) is 8.55. The van der Waals surface area contributed by atoms with E-state index in [0.29, 0.717) is 24.1 Å². The lowest BCUT2D eigenvalue weighted by Crippen LogP contribution is -2.40. The number of fused-ring (bicyclic) bond motifs is 5. The molecular formula is C20H15BrN2O3. The zero-order valence-corrected chi connectivity index (χ0v) is 15.7. The van der Waals surface area contributed by atoms with E-state index < -0.39 is 4.32 Å². The zero-order valence-electron chi connectivity index (χ0n) is 14.1. The lowest BCUT2D eigenvalue weighted by Gasteiger charge is -2.31. The second-order valence-corrected chi connectivity index (χ2v) is 8.09. The molecule has 5 rings (SSSR count). The molecule has 26 heavy (non-hydrogen) atoms. The van der Waals surface area contributed by atoms with E-state index in [1.54, 1.807) is 4.57 Å². The van der Waals surface area contributed by atoms with Crippen molar-refractivity contribution >= 4 is 32.8 Å². The molecule has 1 aromatic carbocycles. The van der Waals surface area contributed by atoms with Crippen molar-refractivity contribution in [1.82, 2.24) is 9.55 Å². The Morgan fingerprint density at radius 3 is 2.88 bits per heavy atom. The summed E-state index contributed by atoms with van der Waals surface area (Å²) in [4.78, 5) is 30.2. The maximum atomic E-state index is 13.1. The van der Waals surface area contributed by atoms with E-state index in [1.807, 2.05) is 37.3 Å². The average Bonchev–Trinajstić information content (AvgIpc) is 3.01. The quantitative estimate of drug-likeness (QED) is 0.356. The van der Waals surface area contributed by atoms with Crippen LogP contribution in [0.3, 0.4) is 0 Å². The van der Waals surface area contributed by atoms with Crippen LogP contribution in [0, 0.1) is 0 Å². The monoisotopic (exact) mass is 410 g/mol. The van der Waals surface area contributed by atoms with Gasteiger partial charge in [0.15, 0.2) is 0 Å². The third-order valence-electron chi connectivity index (χ3n) is 5.36. The first-order chi connectivity index (χ1) is 12.5. The summed E-state index contributed by atoms with van der Waals surface area (Å²) >= 11 is 3.54. The Balaban J connectivity index is 1.81. The van der Waals surface area contributed by atoms with E-state index >= 15 is 0 Å². The number of halogens is 1. The van der Waals surface area contributed by atoms with Crippen molar-refractivity contribution in [1.29, 1.82) is 0 Å². The van der Waals surface area contributed by atoms with Crippen LogP contribution in [0.25, 0.3) is 22.3 Å². The fraction of sp³-hybridized carbons (Fsp3) is 0.250. The van der Waals surface area contributed by atoms with Crippen LogP contribution in [0.2, 0.25) is 0 Å². The molecule has 3 aromatic rings. The van der Waals surface area contributed by atoms with Gasteiger partial charge in [0.2, 0.25) is 0 Å². The molecule has 130 valence electrons. The lowest BCUT2D eigenvalue weighted by atomic mass is 9.90. The third-order valence-corrected chi connectivity index (χ3v) is 6.67. The number of para-hydroxylation sites is 1. The van der Waals surface area contributed by atoms with Crippen molar-refractivity contribution in [3.63, 3.8) is 0 Å². The van der Waals surface area contributed by atoms with Crippen molar-refractivity contribution in [3.8, 4) is 11.4 Å². The van der Waals surface area contributed by atoms with Gasteiger partial charge in [0.05, 0.1) is 29.0 Å². The molecular weight excluding hydrogens is 396 g/mol. The number of cyclic esters (lactones) is 1. The molecule has 6 heteroatoms. The Labute approximate surface area is 157 Å². The molecule has 0 amide bonds. The van der Waals surface area contributed by atoms with Crippen molar-refractivity contribution in [2.24, 2.45) is 0 Å². The molecule has 0 spiro atoms.